The minimum atomic E-state index is -0.110. The number of hydrogen-bond acceptors (Lipinski definition) is 5. The van der Waals surface area contributed by atoms with Crippen molar-refractivity contribution >= 4 is 21.6 Å². The minimum absolute atomic E-state index is 0.110. The highest BCUT2D eigenvalue weighted by Gasteiger charge is 2.20. The quantitative estimate of drug-likeness (QED) is 0.676. The van der Waals surface area contributed by atoms with Gasteiger partial charge in [0.15, 0.2) is 0 Å². The molecule has 7 heteroatoms. The van der Waals surface area contributed by atoms with Gasteiger partial charge in [-0.2, -0.15) is 5.10 Å². The summed E-state index contributed by atoms with van der Waals surface area (Å²) in [4.78, 5) is 14.2. The van der Waals surface area contributed by atoms with E-state index in [2.05, 4.69) is 26.3 Å². The molecule has 2 rings (SSSR count). The van der Waals surface area contributed by atoms with E-state index in [0.29, 0.717) is 24.2 Å². The van der Waals surface area contributed by atoms with Crippen LogP contribution in [0.4, 0.5) is 5.69 Å². The zero-order chi connectivity index (χ0) is 15.2. The SMILES string of the molecule is CN(C)CCn1ncc(NCCOCC2CC2)c(Br)c1=O. The van der Waals surface area contributed by atoms with Gasteiger partial charge in [-0.25, -0.2) is 4.68 Å². The first-order valence-corrected chi connectivity index (χ1v) is 8.09. The average Bonchev–Trinajstić information content (AvgIpc) is 3.26. The molecular formula is C14H23BrN4O2. The second-order valence-electron chi connectivity index (χ2n) is 5.65. The van der Waals surface area contributed by atoms with E-state index in [-0.39, 0.29) is 5.56 Å². The minimum Gasteiger partial charge on any atom is -0.380 e. The fourth-order valence-corrected chi connectivity index (χ4v) is 2.28. The molecule has 1 aliphatic carbocycles. The molecule has 1 heterocycles. The molecule has 0 unspecified atom stereocenters. The largest absolute Gasteiger partial charge is 0.380 e. The Kier molecular flexibility index (Phi) is 6.20. The van der Waals surface area contributed by atoms with Crippen molar-refractivity contribution in [2.75, 3.05) is 45.7 Å². The van der Waals surface area contributed by atoms with Gasteiger partial charge in [0.05, 0.1) is 25.0 Å². The van der Waals surface area contributed by atoms with Crippen LogP contribution in [0.15, 0.2) is 15.5 Å². The molecule has 118 valence electrons. The van der Waals surface area contributed by atoms with Crippen LogP contribution in [0.5, 0.6) is 0 Å². The van der Waals surface area contributed by atoms with E-state index in [1.54, 1.807) is 6.20 Å². The molecule has 1 N–H and O–H groups in total. The van der Waals surface area contributed by atoms with E-state index < -0.39 is 0 Å². The zero-order valence-corrected chi connectivity index (χ0v) is 14.2. The Morgan fingerprint density at radius 2 is 2.29 bits per heavy atom. The summed E-state index contributed by atoms with van der Waals surface area (Å²) in [6.07, 6.45) is 4.28. The lowest BCUT2D eigenvalue weighted by molar-refractivity contribution is 0.134. The molecule has 1 aliphatic rings. The summed E-state index contributed by atoms with van der Waals surface area (Å²) in [5, 5.41) is 7.37. The van der Waals surface area contributed by atoms with E-state index >= 15 is 0 Å². The number of nitrogens with one attached hydrogen (secondary N) is 1. The van der Waals surface area contributed by atoms with E-state index in [9.17, 15) is 4.79 Å². The first-order chi connectivity index (χ1) is 10.1. The number of rotatable bonds is 9. The summed E-state index contributed by atoms with van der Waals surface area (Å²) in [7, 11) is 3.94. The molecule has 0 bridgehead atoms. The number of ether oxygens (including phenoxy) is 1. The summed E-state index contributed by atoms with van der Waals surface area (Å²) >= 11 is 3.35. The predicted octanol–water partition coefficient (Wildman–Crippen LogP) is 1.41. The highest BCUT2D eigenvalue weighted by atomic mass is 79.9. The molecule has 1 saturated carbocycles. The normalized spacial score (nSPS) is 14.7. The van der Waals surface area contributed by atoms with Gasteiger partial charge in [0, 0.05) is 19.7 Å². The Morgan fingerprint density at radius 3 is 2.95 bits per heavy atom. The van der Waals surface area contributed by atoms with Crippen LogP contribution in [0.25, 0.3) is 0 Å². The summed E-state index contributed by atoms with van der Waals surface area (Å²) in [6, 6.07) is 0. The predicted molar refractivity (Wildman–Crippen MR) is 86.8 cm³/mol. The summed E-state index contributed by atoms with van der Waals surface area (Å²) in [5.74, 6) is 0.777. The Bertz CT molecular complexity index is 514. The molecule has 0 radical (unpaired) electrons. The third-order valence-electron chi connectivity index (χ3n) is 3.36. The van der Waals surface area contributed by atoms with Crippen LogP contribution in [-0.4, -0.2) is 55.1 Å². The lowest BCUT2D eigenvalue weighted by atomic mass is 10.4. The van der Waals surface area contributed by atoms with E-state index in [4.69, 9.17) is 4.74 Å². The maximum Gasteiger partial charge on any atom is 0.283 e. The van der Waals surface area contributed by atoms with Crippen molar-refractivity contribution in [3.63, 3.8) is 0 Å². The molecule has 0 amide bonds. The molecule has 1 fully saturated rings. The van der Waals surface area contributed by atoms with Crippen molar-refractivity contribution in [1.82, 2.24) is 14.7 Å². The maximum absolute atomic E-state index is 12.2. The molecule has 0 atom stereocenters. The fourth-order valence-electron chi connectivity index (χ4n) is 1.83. The van der Waals surface area contributed by atoms with Gasteiger partial charge in [-0.15, -0.1) is 0 Å². The molecule has 1 aromatic rings. The number of halogens is 1. The van der Waals surface area contributed by atoms with Gasteiger partial charge in [0.25, 0.3) is 5.56 Å². The Hall–Kier alpha value is -0.920. The van der Waals surface area contributed by atoms with Gasteiger partial charge in [0.2, 0.25) is 0 Å². The van der Waals surface area contributed by atoms with Crippen molar-refractivity contribution in [3.8, 4) is 0 Å². The van der Waals surface area contributed by atoms with Crippen LogP contribution in [-0.2, 0) is 11.3 Å². The van der Waals surface area contributed by atoms with Crippen LogP contribution in [0.2, 0.25) is 0 Å². The van der Waals surface area contributed by atoms with Crippen molar-refractivity contribution in [3.05, 3.63) is 21.0 Å². The maximum atomic E-state index is 12.2. The van der Waals surface area contributed by atoms with Gasteiger partial charge < -0.3 is 15.0 Å². The van der Waals surface area contributed by atoms with Crippen LogP contribution in [0, 0.1) is 5.92 Å². The highest BCUT2D eigenvalue weighted by molar-refractivity contribution is 9.10. The third-order valence-corrected chi connectivity index (χ3v) is 4.12. The number of hydrogen-bond donors (Lipinski definition) is 1. The van der Waals surface area contributed by atoms with Gasteiger partial charge in [-0.1, -0.05) is 0 Å². The van der Waals surface area contributed by atoms with E-state index in [1.807, 2.05) is 19.0 Å². The smallest absolute Gasteiger partial charge is 0.283 e. The zero-order valence-electron chi connectivity index (χ0n) is 12.6. The Labute approximate surface area is 133 Å². The molecule has 0 aromatic carbocycles. The molecule has 0 spiro atoms. The van der Waals surface area contributed by atoms with Gasteiger partial charge in [-0.3, -0.25) is 4.79 Å². The standard InChI is InChI=1S/C14H23BrN4O2/c1-18(2)6-7-19-14(20)13(15)12(9-17-19)16-5-8-21-10-11-3-4-11/h9,11,16H,3-8,10H2,1-2H3. The first-order valence-electron chi connectivity index (χ1n) is 7.30. The summed E-state index contributed by atoms with van der Waals surface area (Å²) < 4.78 is 7.55. The first kappa shape index (κ1) is 16.5. The summed E-state index contributed by atoms with van der Waals surface area (Å²) in [5.41, 5.74) is 0.608. The second kappa shape index (κ2) is 7.91. The fraction of sp³-hybridized carbons (Fsp3) is 0.714. The van der Waals surface area contributed by atoms with Gasteiger partial charge >= 0.3 is 0 Å². The van der Waals surface area contributed by atoms with Crippen LogP contribution >= 0.6 is 15.9 Å². The Morgan fingerprint density at radius 1 is 1.52 bits per heavy atom. The van der Waals surface area contributed by atoms with Gasteiger partial charge in [0.1, 0.15) is 4.47 Å². The Balaban J connectivity index is 1.82. The molecule has 6 nitrogen and oxygen atoms in total. The molecule has 0 aliphatic heterocycles. The van der Waals surface area contributed by atoms with Crippen molar-refractivity contribution in [2.24, 2.45) is 5.92 Å². The number of anilines is 1. The summed E-state index contributed by atoms with van der Waals surface area (Å²) in [6.45, 7) is 3.53. The third kappa shape index (κ3) is 5.41. The molecule has 1 aromatic heterocycles. The van der Waals surface area contributed by atoms with E-state index in [0.717, 1.165) is 24.8 Å². The average molecular weight is 359 g/mol. The van der Waals surface area contributed by atoms with Crippen LogP contribution < -0.4 is 10.9 Å². The molecule has 21 heavy (non-hydrogen) atoms. The van der Waals surface area contributed by atoms with Gasteiger partial charge in [-0.05, 0) is 48.8 Å². The monoisotopic (exact) mass is 358 g/mol. The topological polar surface area (TPSA) is 59.4 Å². The number of aromatic nitrogens is 2. The molecular weight excluding hydrogens is 336 g/mol. The van der Waals surface area contributed by atoms with E-state index in [1.165, 1.54) is 17.5 Å². The van der Waals surface area contributed by atoms with Crippen molar-refractivity contribution in [2.45, 2.75) is 19.4 Å². The second-order valence-corrected chi connectivity index (χ2v) is 6.44. The number of nitrogens with zero attached hydrogens (tertiary/aromatic N) is 3. The van der Waals surface area contributed by atoms with Crippen LogP contribution in [0.1, 0.15) is 12.8 Å². The lowest BCUT2D eigenvalue weighted by Crippen LogP contribution is -2.29. The highest BCUT2D eigenvalue weighted by Crippen LogP contribution is 2.28. The van der Waals surface area contributed by atoms with Crippen LogP contribution in [0.3, 0.4) is 0 Å². The molecule has 0 saturated heterocycles. The van der Waals surface area contributed by atoms with Crippen molar-refractivity contribution < 1.29 is 4.74 Å². The lowest BCUT2D eigenvalue weighted by Gasteiger charge is -2.13. The van der Waals surface area contributed by atoms with Crippen molar-refractivity contribution in [1.29, 1.82) is 0 Å². The number of likely N-dealkylation sites (N-methyl/N-ethyl adjacent to an activating group) is 1.